The lowest BCUT2D eigenvalue weighted by Gasteiger charge is -2.29. The highest BCUT2D eigenvalue weighted by atomic mass is 35.5. The van der Waals surface area contributed by atoms with Gasteiger partial charge in [-0.2, -0.15) is 0 Å². The van der Waals surface area contributed by atoms with Gasteiger partial charge in [-0.1, -0.05) is 0 Å². The first-order chi connectivity index (χ1) is 4.74. The SMILES string of the molecule is CCOC(=O)[C@H]1C[C@@H](N)C1.Cl. The van der Waals surface area contributed by atoms with Crippen LogP contribution in [0.3, 0.4) is 0 Å². The summed E-state index contributed by atoms with van der Waals surface area (Å²) in [5.74, 6) is 0.0131. The van der Waals surface area contributed by atoms with Crippen molar-refractivity contribution in [1.29, 1.82) is 0 Å². The highest BCUT2D eigenvalue weighted by Crippen LogP contribution is 2.26. The Bertz CT molecular complexity index is 134. The molecule has 0 aromatic heterocycles. The Morgan fingerprint density at radius 3 is 2.55 bits per heavy atom. The van der Waals surface area contributed by atoms with Gasteiger partial charge in [-0.3, -0.25) is 4.79 Å². The smallest absolute Gasteiger partial charge is 0.309 e. The number of nitrogens with two attached hydrogens (primary N) is 1. The molecule has 66 valence electrons. The molecule has 1 fully saturated rings. The van der Waals surface area contributed by atoms with Crippen molar-refractivity contribution in [3.8, 4) is 0 Å². The standard InChI is InChI=1S/C7H13NO2.ClH/c1-2-10-7(9)5-3-6(8)4-5;/h5-6H,2-4,8H2,1H3;1H/t5-,6+;. The maximum Gasteiger partial charge on any atom is 0.309 e. The number of hydrogen-bond acceptors (Lipinski definition) is 3. The van der Waals surface area contributed by atoms with Crippen LogP contribution in [0.1, 0.15) is 19.8 Å². The molecule has 0 aromatic carbocycles. The summed E-state index contributed by atoms with van der Waals surface area (Å²) in [5, 5.41) is 0. The van der Waals surface area contributed by atoms with Crippen molar-refractivity contribution in [2.45, 2.75) is 25.8 Å². The molecule has 0 unspecified atom stereocenters. The van der Waals surface area contributed by atoms with Crippen molar-refractivity contribution < 1.29 is 9.53 Å². The van der Waals surface area contributed by atoms with Crippen LogP contribution in [0.2, 0.25) is 0 Å². The topological polar surface area (TPSA) is 52.3 Å². The molecule has 2 N–H and O–H groups in total. The fourth-order valence-corrected chi connectivity index (χ4v) is 1.11. The Labute approximate surface area is 72.7 Å². The van der Waals surface area contributed by atoms with Gasteiger partial charge in [-0.25, -0.2) is 0 Å². The van der Waals surface area contributed by atoms with Crippen molar-refractivity contribution in [2.24, 2.45) is 11.7 Å². The number of carbonyl (C=O) groups is 1. The molecule has 0 spiro atoms. The van der Waals surface area contributed by atoms with Gasteiger partial charge in [0.15, 0.2) is 0 Å². The summed E-state index contributed by atoms with van der Waals surface area (Å²) in [5.41, 5.74) is 5.50. The van der Waals surface area contributed by atoms with Crippen molar-refractivity contribution in [3.63, 3.8) is 0 Å². The largest absolute Gasteiger partial charge is 0.466 e. The fourth-order valence-electron chi connectivity index (χ4n) is 1.11. The number of esters is 1. The van der Waals surface area contributed by atoms with Crippen LogP contribution in [0.15, 0.2) is 0 Å². The summed E-state index contributed by atoms with van der Waals surface area (Å²) in [6.07, 6.45) is 1.61. The molecule has 0 aromatic rings. The maximum absolute atomic E-state index is 10.9. The highest BCUT2D eigenvalue weighted by Gasteiger charge is 2.32. The molecule has 1 rings (SSSR count). The van der Waals surface area contributed by atoms with E-state index in [1.807, 2.05) is 6.92 Å². The summed E-state index contributed by atoms with van der Waals surface area (Å²) in [6.45, 7) is 2.29. The van der Waals surface area contributed by atoms with Crippen LogP contribution in [-0.2, 0) is 9.53 Å². The normalized spacial score (nSPS) is 28.2. The van der Waals surface area contributed by atoms with Crippen molar-refractivity contribution in [2.75, 3.05) is 6.61 Å². The zero-order valence-corrected chi connectivity index (χ0v) is 7.39. The van der Waals surface area contributed by atoms with Crippen molar-refractivity contribution in [3.05, 3.63) is 0 Å². The second-order valence-electron chi connectivity index (χ2n) is 2.68. The number of carbonyl (C=O) groups excluding carboxylic acids is 1. The van der Waals surface area contributed by atoms with E-state index in [9.17, 15) is 4.79 Å². The molecule has 0 aliphatic heterocycles. The second-order valence-corrected chi connectivity index (χ2v) is 2.68. The molecule has 0 saturated heterocycles. The molecule has 0 heterocycles. The minimum absolute atomic E-state index is 0. The lowest BCUT2D eigenvalue weighted by atomic mass is 9.81. The monoisotopic (exact) mass is 179 g/mol. The molecular formula is C7H14ClNO2. The highest BCUT2D eigenvalue weighted by molar-refractivity contribution is 5.85. The van der Waals surface area contributed by atoms with E-state index in [0.717, 1.165) is 12.8 Å². The zero-order chi connectivity index (χ0) is 7.56. The Hall–Kier alpha value is -0.280. The molecule has 0 radical (unpaired) electrons. The molecule has 0 bridgehead atoms. The van der Waals surface area contributed by atoms with Gasteiger partial charge < -0.3 is 10.5 Å². The first kappa shape index (κ1) is 10.7. The predicted octanol–water partition coefficient (Wildman–Crippen LogP) is 0.709. The number of ether oxygens (including phenoxy) is 1. The van der Waals surface area contributed by atoms with E-state index >= 15 is 0 Å². The van der Waals surface area contributed by atoms with Crippen LogP contribution in [0, 0.1) is 5.92 Å². The minimum atomic E-state index is -0.0794. The molecule has 4 heteroatoms. The molecule has 1 aliphatic rings. The van der Waals surface area contributed by atoms with Gasteiger partial charge in [0.25, 0.3) is 0 Å². The van der Waals surface area contributed by atoms with Crippen molar-refractivity contribution >= 4 is 18.4 Å². The summed E-state index contributed by atoms with van der Waals surface area (Å²) in [4.78, 5) is 10.9. The third-order valence-corrected chi connectivity index (χ3v) is 1.79. The maximum atomic E-state index is 10.9. The zero-order valence-electron chi connectivity index (χ0n) is 6.58. The van der Waals surface area contributed by atoms with Gasteiger partial charge in [-0.15, -0.1) is 12.4 Å². The summed E-state index contributed by atoms with van der Waals surface area (Å²) in [7, 11) is 0. The number of hydrogen-bond donors (Lipinski definition) is 1. The molecule has 0 atom stereocenters. The Balaban J connectivity index is 0.000001000. The predicted molar refractivity (Wildman–Crippen MR) is 44.6 cm³/mol. The fraction of sp³-hybridized carbons (Fsp3) is 0.857. The average molecular weight is 180 g/mol. The van der Waals surface area contributed by atoms with E-state index in [-0.39, 0.29) is 30.3 Å². The quantitative estimate of drug-likeness (QED) is 0.636. The lowest BCUT2D eigenvalue weighted by molar-refractivity contribution is -0.151. The van der Waals surface area contributed by atoms with E-state index in [1.54, 1.807) is 0 Å². The van der Waals surface area contributed by atoms with Gasteiger partial charge in [0, 0.05) is 6.04 Å². The van der Waals surface area contributed by atoms with Gasteiger partial charge >= 0.3 is 5.97 Å². The Morgan fingerprint density at radius 1 is 1.64 bits per heavy atom. The van der Waals surface area contributed by atoms with Crippen LogP contribution in [0.4, 0.5) is 0 Å². The average Bonchev–Trinajstić information content (AvgIpc) is 1.82. The molecule has 1 saturated carbocycles. The number of halogens is 1. The van der Waals surface area contributed by atoms with E-state index in [2.05, 4.69) is 0 Å². The van der Waals surface area contributed by atoms with E-state index in [4.69, 9.17) is 10.5 Å². The van der Waals surface area contributed by atoms with Gasteiger partial charge in [0.05, 0.1) is 12.5 Å². The van der Waals surface area contributed by atoms with Crippen molar-refractivity contribution in [1.82, 2.24) is 0 Å². The van der Waals surface area contributed by atoms with Crippen LogP contribution in [-0.4, -0.2) is 18.6 Å². The third-order valence-electron chi connectivity index (χ3n) is 1.79. The first-order valence-electron chi connectivity index (χ1n) is 3.66. The molecule has 3 nitrogen and oxygen atoms in total. The van der Waals surface area contributed by atoms with E-state index < -0.39 is 0 Å². The van der Waals surface area contributed by atoms with E-state index in [0.29, 0.717) is 6.61 Å². The Kier molecular flexibility index (Phi) is 4.45. The van der Waals surface area contributed by atoms with Gasteiger partial charge in [0.1, 0.15) is 0 Å². The van der Waals surface area contributed by atoms with Crippen LogP contribution in [0.5, 0.6) is 0 Å². The Morgan fingerprint density at radius 2 is 2.18 bits per heavy atom. The van der Waals surface area contributed by atoms with E-state index in [1.165, 1.54) is 0 Å². The molecule has 0 amide bonds. The van der Waals surface area contributed by atoms with Crippen LogP contribution < -0.4 is 5.73 Å². The van der Waals surface area contributed by atoms with Crippen LogP contribution in [0.25, 0.3) is 0 Å². The van der Waals surface area contributed by atoms with Crippen LogP contribution >= 0.6 is 12.4 Å². The molecule has 1 aliphatic carbocycles. The summed E-state index contributed by atoms with van der Waals surface area (Å²) < 4.78 is 4.80. The lowest BCUT2D eigenvalue weighted by Crippen LogP contribution is -2.41. The third kappa shape index (κ3) is 2.67. The van der Waals surface area contributed by atoms with Gasteiger partial charge in [-0.05, 0) is 19.8 Å². The molecule has 11 heavy (non-hydrogen) atoms. The van der Waals surface area contributed by atoms with Gasteiger partial charge in [0.2, 0.25) is 0 Å². The second kappa shape index (κ2) is 4.57. The first-order valence-corrected chi connectivity index (χ1v) is 3.66. The minimum Gasteiger partial charge on any atom is -0.466 e. The summed E-state index contributed by atoms with van der Waals surface area (Å²) >= 11 is 0. The molecular weight excluding hydrogens is 166 g/mol. The summed E-state index contributed by atoms with van der Waals surface area (Å²) in [6, 6.07) is 0.231. The number of rotatable bonds is 2.